The van der Waals surface area contributed by atoms with Crippen molar-refractivity contribution in [3.05, 3.63) is 130 Å². The number of aromatic hydroxyl groups is 2. The number of benzene rings is 4. The van der Waals surface area contributed by atoms with E-state index in [1.54, 1.807) is 24.3 Å². The van der Waals surface area contributed by atoms with Crippen molar-refractivity contribution in [3.8, 4) is 11.5 Å². The number of halogens is 1. The number of hydrogen-bond donors (Lipinski definition) is 14. The number of nitrogens with one attached hydrogen (secondary N) is 7. The second-order valence-corrected chi connectivity index (χ2v) is 20.9. The molecule has 1 aliphatic rings. The molecule has 0 aromatic heterocycles. The third kappa shape index (κ3) is 20.5. The first-order chi connectivity index (χ1) is 38.5. The Hall–Kier alpha value is -8.10. The molecule has 24 nitrogen and oxygen atoms in total. The summed E-state index contributed by atoms with van der Waals surface area (Å²) < 4.78 is 0. The predicted molar refractivity (Wildman–Crippen MR) is 300 cm³/mol. The van der Waals surface area contributed by atoms with E-state index in [9.17, 15) is 63.3 Å². The summed E-state index contributed by atoms with van der Waals surface area (Å²) in [7, 11) is 0. The number of primary amides is 2. The first-order valence-corrected chi connectivity index (χ1v) is 27.2. The number of ketones is 1. The van der Waals surface area contributed by atoms with Gasteiger partial charge in [-0.15, -0.1) is 0 Å². The minimum absolute atomic E-state index is 0.0155. The van der Waals surface area contributed by atoms with Gasteiger partial charge in [-0.1, -0.05) is 71.9 Å². The Balaban J connectivity index is 1.58. The zero-order valence-electron chi connectivity index (χ0n) is 44.2. The van der Waals surface area contributed by atoms with Gasteiger partial charge in [-0.25, -0.2) is 0 Å². The minimum Gasteiger partial charge on any atom is -0.508 e. The van der Waals surface area contributed by atoms with E-state index in [2.05, 4.69) is 37.2 Å². The van der Waals surface area contributed by atoms with Gasteiger partial charge in [0, 0.05) is 48.1 Å². The van der Waals surface area contributed by atoms with Crippen LogP contribution in [0.4, 0.5) is 4.79 Å². The average Bonchev–Trinajstić information content (AvgIpc) is 3.44. The van der Waals surface area contributed by atoms with Crippen LogP contribution in [0.1, 0.15) is 65.2 Å². The smallest absolute Gasteiger partial charge is 0.279 e. The molecule has 26 heteroatoms. The number of carbonyl (C=O) groups is 10. The predicted octanol–water partition coefficient (Wildman–Crippen LogP) is -0.616. The number of amides is 9. The standard InChI is InChI=1S/C55H68ClN11O13S/c1-29(68)46-54(79)66-44(53(78)63-41(48(60)73)24-33-11-19-38(70)20-12-33)28-81-55(80)61-27-43(65-50(75)39(58)23-31-7-15-36(56)16-8-31)45(71)26-35(22-30-9-17-37(69)18-10-30)49(74)64-42(25-32-5-13-34(14-6-32)47(59)72)52(77)62-40(51(76)67-46)4-2-3-21-57/h5-20,29,35,39-44,46,68-70H,2-4,21-28,57-58H2,1H3,(H2,59,72)(H2,60,73)(H,61,80)(H,62,77)(H,63,78)(H,64,74)(H,65,75)(H,66,79)(H,67,76)/t29?,35-,39+,40+,41-,42-,43-,44+,46+/m1/s1. The second-order valence-electron chi connectivity index (χ2n) is 19.5. The summed E-state index contributed by atoms with van der Waals surface area (Å²) in [6.07, 6.45) is -2.42. The molecule has 0 saturated carbocycles. The normalized spacial score (nSPS) is 21.0. The first-order valence-electron chi connectivity index (χ1n) is 25.9. The summed E-state index contributed by atoms with van der Waals surface area (Å²) in [5, 5.41) is 48.2. The van der Waals surface area contributed by atoms with Crippen LogP contribution in [0.2, 0.25) is 5.02 Å². The summed E-state index contributed by atoms with van der Waals surface area (Å²) in [5.41, 5.74) is 25.4. The van der Waals surface area contributed by atoms with E-state index >= 15 is 0 Å². The number of aliphatic hydroxyl groups excluding tert-OH is 1. The monoisotopic (exact) mass is 1160 g/mol. The highest BCUT2D eigenvalue weighted by Gasteiger charge is 2.37. The number of phenolic OH excluding ortho intramolecular Hbond substituents is 2. The summed E-state index contributed by atoms with van der Waals surface area (Å²) in [6, 6.07) is 12.8. The van der Waals surface area contributed by atoms with Crippen LogP contribution in [0.25, 0.3) is 0 Å². The first kappa shape index (κ1) is 63.7. The van der Waals surface area contributed by atoms with Crippen molar-refractivity contribution in [1.29, 1.82) is 0 Å². The van der Waals surface area contributed by atoms with Gasteiger partial charge in [-0.05, 0) is 116 Å². The van der Waals surface area contributed by atoms with Crippen LogP contribution in [0.5, 0.6) is 11.5 Å². The Bertz CT molecular complexity index is 2860. The van der Waals surface area contributed by atoms with Crippen LogP contribution in [0, 0.1) is 5.92 Å². The van der Waals surface area contributed by atoms with Crippen molar-refractivity contribution in [2.75, 3.05) is 18.8 Å². The molecule has 0 spiro atoms. The molecule has 434 valence electrons. The van der Waals surface area contributed by atoms with Crippen LogP contribution >= 0.6 is 23.4 Å². The zero-order chi connectivity index (χ0) is 59.3. The van der Waals surface area contributed by atoms with E-state index in [4.69, 9.17) is 34.5 Å². The molecule has 1 fully saturated rings. The number of thioether (sulfide) groups is 1. The molecule has 1 unspecified atom stereocenters. The van der Waals surface area contributed by atoms with Crippen molar-refractivity contribution in [3.63, 3.8) is 0 Å². The maximum absolute atomic E-state index is 14.8. The van der Waals surface area contributed by atoms with Gasteiger partial charge in [0.25, 0.3) is 5.24 Å². The lowest BCUT2D eigenvalue weighted by atomic mass is 9.90. The lowest BCUT2D eigenvalue weighted by molar-refractivity contribution is -0.137. The van der Waals surface area contributed by atoms with Crippen molar-refractivity contribution in [2.45, 2.75) is 107 Å². The maximum Gasteiger partial charge on any atom is 0.279 e. The molecule has 0 aliphatic carbocycles. The van der Waals surface area contributed by atoms with Crippen LogP contribution in [0.3, 0.4) is 0 Å². The molecule has 1 heterocycles. The number of phenols is 2. The number of aliphatic hydroxyl groups is 1. The van der Waals surface area contributed by atoms with E-state index in [-0.39, 0.29) is 62.1 Å². The molecular weight excluding hydrogens is 1090 g/mol. The van der Waals surface area contributed by atoms with Crippen LogP contribution in [-0.4, -0.2) is 141 Å². The van der Waals surface area contributed by atoms with Crippen molar-refractivity contribution in [1.82, 2.24) is 37.2 Å². The number of unbranched alkanes of at least 4 members (excludes halogenated alkanes) is 1. The van der Waals surface area contributed by atoms with E-state index in [0.717, 1.165) is 6.92 Å². The Labute approximate surface area is 476 Å². The molecule has 1 saturated heterocycles. The largest absolute Gasteiger partial charge is 0.508 e. The lowest BCUT2D eigenvalue weighted by Gasteiger charge is -2.28. The van der Waals surface area contributed by atoms with Crippen LogP contribution < -0.4 is 60.2 Å². The summed E-state index contributed by atoms with van der Waals surface area (Å²) in [4.78, 5) is 139. The van der Waals surface area contributed by atoms with Gasteiger partial charge in [0.15, 0.2) is 5.78 Å². The topological polar surface area (TPSA) is 420 Å². The van der Waals surface area contributed by atoms with Crippen LogP contribution in [-0.2, 0) is 64.0 Å². The average molecular weight is 1160 g/mol. The molecule has 81 heavy (non-hydrogen) atoms. The highest BCUT2D eigenvalue weighted by atomic mass is 35.5. The summed E-state index contributed by atoms with van der Waals surface area (Å²) >= 11 is 6.48. The molecule has 4 aromatic carbocycles. The fourth-order valence-corrected chi connectivity index (χ4v) is 9.35. The number of carbonyl (C=O) groups excluding carboxylic acids is 10. The molecule has 0 bridgehead atoms. The Morgan fingerprint density at radius 1 is 0.704 bits per heavy atom. The maximum atomic E-state index is 14.8. The third-order valence-corrected chi connectivity index (χ3v) is 14.3. The molecule has 4 aromatic rings. The second kappa shape index (κ2) is 31.0. The SMILES string of the molecule is CC(O)[C@@H]1NC(=O)[C@H](CCCCN)NC(=O)[C@@H](Cc2ccc(C(N)=O)cc2)NC(=O)[C@H](Cc2ccc(O)cc2)CC(=O)[C@H](NC(=O)[C@@H](N)Cc2ccc(Cl)cc2)CNC(=O)SC[C@@H](C(=O)N[C@H](Cc2ccc(O)cc2)C(N)=O)NC1=O. The molecule has 9 atom stereocenters. The molecular formula is C55H68ClN11O13S. The Kier molecular flexibility index (Phi) is 24.4. The van der Waals surface area contributed by atoms with Gasteiger partial charge in [0.2, 0.25) is 47.3 Å². The molecule has 1 aliphatic heterocycles. The zero-order valence-corrected chi connectivity index (χ0v) is 45.8. The lowest BCUT2D eigenvalue weighted by Crippen LogP contribution is -2.62. The summed E-state index contributed by atoms with van der Waals surface area (Å²) in [6.45, 7) is 0.732. The van der Waals surface area contributed by atoms with Gasteiger partial charge in [0.05, 0.1) is 12.1 Å². The number of Topliss-reactive ketones (excluding diaryl/α,β-unsaturated/α-hetero) is 1. The fraction of sp³-hybridized carbons (Fsp3) is 0.382. The van der Waals surface area contributed by atoms with E-state index < -0.39 is 131 Å². The van der Waals surface area contributed by atoms with Gasteiger partial charge in [-0.3, -0.25) is 47.9 Å². The van der Waals surface area contributed by atoms with E-state index in [1.807, 2.05) is 0 Å². The van der Waals surface area contributed by atoms with Crippen molar-refractivity contribution >= 4 is 81.6 Å². The number of rotatable bonds is 19. The molecule has 0 radical (unpaired) electrons. The van der Waals surface area contributed by atoms with E-state index in [1.165, 1.54) is 72.8 Å². The third-order valence-electron chi connectivity index (χ3n) is 13.1. The number of nitrogens with two attached hydrogens (primary N) is 4. The van der Waals surface area contributed by atoms with Gasteiger partial charge < -0.3 is 75.5 Å². The molecule has 5 rings (SSSR count). The van der Waals surface area contributed by atoms with Crippen molar-refractivity contribution in [2.24, 2.45) is 28.9 Å². The molecule has 18 N–H and O–H groups in total. The van der Waals surface area contributed by atoms with E-state index in [0.29, 0.717) is 45.5 Å². The Morgan fingerprint density at radius 3 is 1.85 bits per heavy atom. The fourth-order valence-electron chi connectivity index (χ4n) is 8.49. The minimum atomic E-state index is -1.83. The van der Waals surface area contributed by atoms with Gasteiger partial charge in [0.1, 0.15) is 47.8 Å². The van der Waals surface area contributed by atoms with Crippen LogP contribution in [0.15, 0.2) is 97.1 Å². The van der Waals surface area contributed by atoms with Crippen molar-refractivity contribution < 1.29 is 63.3 Å². The summed E-state index contributed by atoms with van der Waals surface area (Å²) in [5.74, 6) is -10.4. The van der Waals surface area contributed by atoms with Gasteiger partial charge in [-0.2, -0.15) is 0 Å². The Morgan fingerprint density at radius 2 is 1.26 bits per heavy atom. The quantitative estimate of drug-likeness (QED) is 0.0521. The highest BCUT2D eigenvalue weighted by Crippen LogP contribution is 2.20. The number of hydrogen-bond acceptors (Lipinski definition) is 16. The van der Waals surface area contributed by atoms with Gasteiger partial charge >= 0.3 is 0 Å². The highest BCUT2D eigenvalue weighted by molar-refractivity contribution is 8.13. The molecule has 9 amide bonds.